The molecule has 1 atom stereocenters. The molecule has 4 rings (SSSR count). The molecule has 0 radical (unpaired) electrons. The smallest absolute Gasteiger partial charge is 0.262 e. The Labute approximate surface area is 233 Å². The third kappa shape index (κ3) is 6.75. The first-order chi connectivity index (χ1) is 18.2. The van der Waals surface area contributed by atoms with Crippen molar-refractivity contribution in [2.45, 2.75) is 47.0 Å². The van der Waals surface area contributed by atoms with Crippen molar-refractivity contribution < 1.29 is 14.3 Å². The van der Waals surface area contributed by atoms with E-state index in [9.17, 15) is 10.1 Å². The number of nitrogens with one attached hydrogen (secondary N) is 1. The van der Waals surface area contributed by atoms with Crippen molar-refractivity contribution in [3.8, 4) is 17.6 Å². The maximum Gasteiger partial charge on any atom is 0.262 e. The molecular weight excluding hydrogens is 518 g/mol. The van der Waals surface area contributed by atoms with Gasteiger partial charge in [0.25, 0.3) is 5.91 Å². The van der Waals surface area contributed by atoms with Crippen molar-refractivity contribution in [2.75, 3.05) is 18.5 Å². The van der Waals surface area contributed by atoms with Crippen LogP contribution < -0.4 is 14.8 Å². The molecular formula is C30H32ClN3O3S. The number of carbonyl (C=O) groups excluding carboxylic acids is 1. The molecule has 0 saturated carbocycles. The number of halogens is 1. The zero-order chi connectivity index (χ0) is 27.3. The van der Waals surface area contributed by atoms with Crippen LogP contribution in [0, 0.1) is 22.7 Å². The van der Waals surface area contributed by atoms with Crippen LogP contribution in [-0.2, 0) is 17.6 Å². The van der Waals surface area contributed by atoms with E-state index in [1.807, 2.05) is 19.1 Å². The number of anilines is 1. The van der Waals surface area contributed by atoms with E-state index >= 15 is 0 Å². The van der Waals surface area contributed by atoms with Crippen LogP contribution >= 0.6 is 22.9 Å². The summed E-state index contributed by atoms with van der Waals surface area (Å²) in [5.74, 6) is 1.28. The fourth-order valence-electron chi connectivity index (χ4n) is 4.55. The summed E-state index contributed by atoms with van der Waals surface area (Å²) in [4.78, 5) is 18.3. The molecule has 1 amide bonds. The van der Waals surface area contributed by atoms with Gasteiger partial charge >= 0.3 is 0 Å². The molecule has 1 N–H and O–H groups in total. The van der Waals surface area contributed by atoms with Gasteiger partial charge in [-0.15, -0.1) is 11.3 Å². The highest BCUT2D eigenvalue weighted by Gasteiger charge is 2.32. The van der Waals surface area contributed by atoms with E-state index in [2.05, 4.69) is 32.2 Å². The number of aliphatic imine (C=N–C) groups is 1. The number of amides is 1. The summed E-state index contributed by atoms with van der Waals surface area (Å²) in [5.41, 5.74) is 3.52. The maximum atomic E-state index is 12.3. The van der Waals surface area contributed by atoms with Crippen LogP contribution in [-0.4, -0.2) is 25.3 Å². The molecule has 0 unspecified atom stereocenters. The highest BCUT2D eigenvalue weighted by Crippen LogP contribution is 2.45. The minimum atomic E-state index is -0.306. The molecule has 0 fully saturated rings. The van der Waals surface area contributed by atoms with Gasteiger partial charge in [0.2, 0.25) is 0 Å². The van der Waals surface area contributed by atoms with E-state index in [4.69, 9.17) is 26.1 Å². The molecule has 8 heteroatoms. The molecule has 0 aliphatic heterocycles. The Hall–Kier alpha value is -3.34. The minimum absolute atomic E-state index is 0.179. The summed E-state index contributed by atoms with van der Waals surface area (Å²) in [7, 11) is 0. The van der Waals surface area contributed by atoms with Gasteiger partial charge in [-0.05, 0) is 85.0 Å². The SMILES string of the molecule is CCOc1cc(C=Nc2sc3c(c2C#N)CC[C@H](C(C)(C)C)C3)ccc1OCC(=O)Nc1cccc(Cl)c1. The number of fused-ring (bicyclic) bond motifs is 1. The third-order valence-corrected chi connectivity index (χ3v) is 8.05. The van der Waals surface area contributed by atoms with Crippen LogP contribution in [0.2, 0.25) is 5.02 Å². The molecule has 198 valence electrons. The Morgan fingerprint density at radius 3 is 2.76 bits per heavy atom. The molecule has 0 saturated heterocycles. The largest absolute Gasteiger partial charge is 0.490 e. The second-order valence-electron chi connectivity index (χ2n) is 10.3. The molecule has 2 aromatic carbocycles. The molecule has 38 heavy (non-hydrogen) atoms. The summed E-state index contributed by atoms with van der Waals surface area (Å²) < 4.78 is 11.5. The average Bonchev–Trinajstić information content (AvgIpc) is 3.23. The van der Waals surface area contributed by atoms with Crippen LogP contribution in [0.5, 0.6) is 11.5 Å². The van der Waals surface area contributed by atoms with Gasteiger partial charge in [-0.25, -0.2) is 4.99 Å². The van der Waals surface area contributed by atoms with Crippen LogP contribution in [0.1, 0.15) is 55.7 Å². The number of carbonyl (C=O) groups is 1. The van der Waals surface area contributed by atoms with Gasteiger partial charge in [0.15, 0.2) is 18.1 Å². The van der Waals surface area contributed by atoms with Gasteiger partial charge < -0.3 is 14.8 Å². The second kappa shape index (κ2) is 12.0. The summed E-state index contributed by atoms with van der Waals surface area (Å²) in [6.07, 6.45) is 4.77. The van der Waals surface area contributed by atoms with Crippen molar-refractivity contribution in [2.24, 2.45) is 16.3 Å². The molecule has 6 nitrogen and oxygen atoms in total. The van der Waals surface area contributed by atoms with E-state index in [-0.39, 0.29) is 17.9 Å². The molecule has 0 bridgehead atoms. The number of ether oxygens (including phenoxy) is 2. The van der Waals surface area contributed by atoms with Crippen molar-refractivity contribution >= 4 is 45.7 Å². The summed E-state index contributed by atoms with van der Waals surface area (Å²) in [5, 5.41) is 13.9. The number of hydrogen-bond donors (Lipinski definition) is 1. The molecule has 0 spiro atoms. The third-order valence-electron chi connectivity index (χ3n) is 6.65. The van der Waals surface area contributed by atoms with E-state index in [0.717, 1.165) is 29.8 Å². The normalized spacial score (nSPS) is 15.1. The fourth-order valence-corrected chi connectivity index (χ4v) is 5.96. The first kappa shape index (κ1) is 27.7. The average molecular weight is 550 g/mol. The number of hydrogen-bond acceptors (Lipinski definition) is 6. The monoisotopic (exact) mass is 549 g/mol. The van der Waals surface area contributed by atoms with Crippen molar-refractivity contribution in [1.29, 1.82) is 5.26 Å². The predicted molar refractivity (Wildman–Crippen MR) is 154 cm³/mol. The second-order valence-corrected chi connectivity index (χ2v) is 11.9. The molecule has 3 aromatic rings. The summed E-state index contributed by atoms with van der Waals surface area (Å²) in [6, 6.07) is 14.8. The van der Waals surface area contributed by atoms with Gasteiger partial charge in [-0.2, -0.15) is 5.26 Å². The lowest BCUT2D eigenvalue weighted by Gasteiger charge is -2.33. The van der Waals surface area contributed by atoms with Crippen molar-refractivity contribution in [1.82, 2.24) is 0 Å². The molecule has 1 aliphatic carbocycles. The lowest BCUT2D eigenvalue weighted by molar-refractivity contribution is -0.118. The fraction of sp³-hybridized carbons (Fsp3) is 0.367. The van der Waals surface area contributed by atoms with Gasteiger partial charge in [0.1, 0.15) is 11.1 Å². The number of nitrogens with zero attached hydrogens (tertiary/aromatic N) is 2. The van der Waals surface area contributed by atoms with Gasteiger partial charge in [0, 0.05) is 21.8 Å². The zero-order valence-electron chi connectivity index (χ0n) is 22.1. The lowest BCUT2D eigenvalue weighted by atomic mass is 9.72. The topological polar surface area (TPSA) is 83.7 Å². The lowest BCUT2D eigenvalue weighted by Crippen LogP contribution is -2.26. The molecule has 1 aromatic heterocycles. The Balaban J connectivity index is 1.47. The van der Waals surface area contributed by atoms with Crippen molar-refractivity contribution in [3.05, 3.63) is 69.1 Å². The van der Waals surface area contributed by atoms with E-state index in [0.29, 0.717) is 40.3 Å². The van der Waals surface area contributed by atoms with Crippen molar-refractivity contribution in [3.63, 3.8) is 0 Å². The summed E-state index contributed by atoms with van der Waals surface area (Å²) in [6.45, 7) is 9.01. The van der Waals surface area contributed by atoms with Gasteiger partial charge in [-0.3, -0.25) is 4.79 Å². The molecule has 1 heterocycles. The Morgan fingerprint density at radius 2 is 2.05 bits per heavy atom. The van der Waals surface area contributed by atoms with Crippen LogP contribution in [0.15, 0.2) is 47.5 Å². The quantitative estimate of drug-likeness (QED) is 0.293. The van der Waals surface area contributed by atoms with Gasteiger partial charge in [0.05, 0.1) is 12.2 Å². The van der Waals surface area contributed by atoms with E-state index in [1.54, 1.807) is 47.9 Å². The predicted octanol–water partition coefficient (Wildman–Crippen LogP) is 7.59. The number of rotatable bonds is 8. The zero-order valence-corrected chi connectivity index (χ0v) is 23.7. The standard InChI is InChI=1S/C30H32ClN3O3S/c1-5-36-26-13-19(9-12-25(26)37-18-28(35)34-22-8-6-7-21(31)15-22)17-33-29-24(16-32)23-11-10-20(30(2,3)4)14-27(23)38-29/h6-9,12-13,15,17,20H,5,10-11,14,18H2,1-4H3,(H,34,35)/t20-/m0/s1. The number of thiophene rings is 1. The van der Waals surface area contributed by atoms with Crippen LogP contribution in [0.25, 0.3) is 0 Å². The highest BCUT2D eigenvalue weighted by molar-refractivity contribution is 7.16. The maximum absolute atomic E-state index is 12.3. The van der Waals surface area contributed by atoms with E-state index < -0.39 is 0 Å². The minimum Gasteiger partial charge on any atom is -0.490 e. The Morgan fingerprint density at radius 1 is 1.24 bits per heavy atom. The van der Waals surface area contributed by atoms with E-state index in [1.165, 1.54) is 10.4 Å². The van der Waals surface area contributed by atoms with Crippen LogP contribution in [0.3, 0.4) is 0 Å². The Kier molecular flexibility index (Phi) is 8.76. The van der Waals surface area contributed by atoms with Gasteiger partial charge in [-0.1, -0.05) is 38.4 Å². The summed E-state index contributed by atoms with van der Waals surface area (Å²) >= 11 is 7.60. The Bertz CT molecular complexity index is 1380. The number of nitriles is 1. The first-order valence-corrected chi connectivity index (χ1v) is 13.9. The molecule has 1 aliphatic rings. The highest BCUT2D eigenvalue weighted by atomic mass is 35.5. The van der Waals surface area contributed by atoms with Crippen LogP contribution in [0.4, 0.5) is 10.7 Å². The number of benzene rings is 2. The first-order valence-electron chi connectivity index (χ1n) is 12.7.